The van der Waals surface area contributed by atoms with Crippen LogP contribution < -0.4 is 0 Å². The van der Waals surface area contributed by atoms with Crippen molar-refractivity contribution in [3.05, 3.63) is 12.7 Å². The summed E-state index contributed by atoms with van der Waals surface area (Å²) in [4.78, 5) is 14.1. The van der Waals surface area contributed by atoms with E-state index in [0.29, 0.717) is 18.0 Å². The first-order valence-electron chi connectivity index (χ1n) is 6.59. The predicted molar refractivity (Wildman–Crippen MR) is 68.3 cm³/mol. The molecule has 0 radical (unpaired) electrons. The third kappa shape index (κ3) is 3.66. The van der Waals surface area contributed by atoms with Crippen LogP contribution in [0, 0.1) is 0 Å². The highest BCUT2D eigenvalue weighted by atomic mass is 16.2. The number of likely N-dealkylation sites (tertiary alicyclic amines) is 1. The smallest absolute Gasteiger partial charge is 0.223 e. The second kappa shape index (κ2) is 6.72. The normalized spacial score (nSPS) is 24.8. The fourth-order valence-corrected chi connectivity index (χ4v) is 2.56. The zero-order valence-corrected chi connectivity index (χ0v) is 10.7. The van der Waals surface area contributed by atoms with Crippen molar-refractivity contribution in [2.24, 2.45) is 0 Å². The molecule has 1 rings (SSSR count). The van der Waals surface area contributed by atoms with E-state index in [2.05, 4.69) is 25.3 Å². The molecule has 0 spiro atoms. The Kier molecular flexibility index (Phi) is 5.58. The van der Waals surface area contributed by atoms with E-state index in [4.69, 9.17) is 0 Å². The first kappa shape index (κ1) is 13.3. The van der Waals surface area contributed by atoms with Crippen molar-refractivity contribution in [1.29, 1.82) is 0 Å². The molecule has 0 aromatic rings. The van der Waals surface area contributed by atoms with E-state index in [0.717, 1.165) is 25.7 Å². The topological polar surface area (TPSA) is 20.3 Å². The van der Waals surface area contributed by atoms with E-state index in [1.165, 1.54) is 19.3 Å². The number of carbonyl (C=O) groups excluding carboxylic acids is 1. The molecule has 0 bridgehead atoms. The minimum atomic E-state index is 0.358. The fraction of sp³-hybridized carbons (Fsp3) is 0.786. The Morgan fingerprint density at radius 3 is 2.44 bits per heavy atom. The zero-order chi connectivity index (χ0) is 12.0. The Hall–Kier alpha value is -0.790. The molecule has 2 nitrogen and oxygen atoms in total. The van der Waals surface area contributed by atoms with Gasteiger partial charge < -0.3 is 4.90 Å². The van der Waals surface area contributed by atoms with Crippen LogP contribution >= 0.6 is 0 Å². The van der Waals surface area contributed by atoms with Crippen LogP contribution in [0.2, 0.25) is 0 Å². The summed E-state index contributed by atoms with van der Waals surface area (Å²) in [5.74, 6) is 0.358. The van der Waals surface area contributed by atoms with Gasteiger partial charge in [-0.25, -0.2) is 0 Å². The molecule has 0 unspecified atom stereocenters. The summed E-state index contributed by atoms with van der Waals surface area (Å²) in [6, 6.07) is 0.909. The average molecular weight is 223 g/mol. The van der Waals surface area contributed by atoms with Gasteiger partial charge in [0.15, 0.2) is 0 Å². The average Bonchev–Trinajstić information content (AvgIpc) is 2.58. The second-order valence-electron chi connectivity index (χ2n) is 4.96. The molecular weight excluding hydrogens is 198 g/mol. The molecule has 0 aromatic carbocycles. The van der Waals surface area contributed by atoms with E-state index in [1.807, 2.05) is 6.08 Å². The van der Waals surface area contributed by atoms with Gasteiger partial charge in [0.05, 0.1) is 0 Å². The van der Waals surface area contributed by atoms with E-state index in [-0.39, 0.29) is 0 Å². The molecule has 1 amide bonds. The summed E-state index contributed by atoms with van der Waals surface area (Å²) >= 11 is 0. The number of rotatable bonds is 6. The number of hydrogen-bond acceptors (Lipinski definition) is 1. The Bertz CT molecular complexity index is 227. The minimum absolute atomic E-state index is 0.358. The molecule has 0 aliphatic carbocycles. The lowest BCUT2D eigenvalue weighted by Gasteiger charge is -2.26. The molecule has 1 heterocycles. The van der Waals surface area contributed by atoms with Crippen LogP contribution in [0.5, 0.6) is 0 Å². The summed E-state index contributed by atoms with van der Waals surface area (Å²) in [6.45, 7) is 8.03. The molecule has 0 N–H and O–H groups in total. The lowest BCUT2D eigenvalue weighted by Crippen LogP contribution is -2.38. The summed E-state index contributed by atoms with van der Waals surface area (Å²) < 4.78 is 0. The highest BCUT2D eigenvalue weighted by Gasteiger charge is 2.30. The van der Waals surface area contributed by atoms with Crippen LogP contribution in [-0.2, 0) is 4.79 Å². The minimum Gasteiger partial charge on any atom is -0.337 e. The Morgan fingerprint density at radius 2 is 1.88 bits per heavy atom. The fourth-order valence-electron chi connectivity index (χ4n) is 2.56. The number of allylic oxidation sites excluding steroid dienone is 1. The van der Waals surface area contributed by atoms with Crippen molar-refractivity contribution in [2.45, 2.75) is 70.9 Å². The molecule has 1 saturated heterocycles. The maximum Gasteiger partial charge on any atom is 0.223 e. The van der Waals surface area contributed by atoms with Crippen LogP contribution in [0.15, 0.2) is 12.7 Å². The largest absolute Gasteiger partial charge is 0.337 e. The second-order valence-corrected chi connectivity index (χ2v) is 4.96. The summed E-state index contributed by atoms with van der Waals surface area (Å²) in [5, 5.41) is 0. The first-order chi connectivity index (χ1) is 7.66. The summed E-state index contributed by atoms with van der Waals surface area (Å²) in [5.41, 5.74) is 0. The van der Waals surface area contributed by atoms with Crippen molar-refractivity contribution in [2.75, 3.05) is 0 Å². The third-order valence-electron chi connectivity index (χ3n) is 3.54. The van der Waals surface area contributed by atoms with E-state index >= 15 is 0 Å². The molecular formula is C14H25NO. The number of nitrogens with zero attached hydrogens (tertiary/aromatic N) is 1. The van der Waals surface area contributed by atoms with Gasteiger partial charge in [-0.3, -0.25) is 4.79 Å². The number of hydrogen-bond donors (Lipinski definition) is 0. The van der Waals surface area contributed by atoms with Gasteiger partial charge in [-0.2, -0.15) is 0 Å². The van der Waals surface area contributed by atoms with Crippen molar-refractivity contribution in [3.8, 4) is 0 Å². The van der Waals surface area contributed by atoms with Crippen LogP contribution in [-0.4, -0.2) is 22.9 Å². The van der Waals surface area contributed by atoms with Gasteiger partial charge >= 0.3 is 0 Å². The molecule has 92 valence electrons. The van der Waals surface area contributed by atoms with E-state index < -0.39 is 0 Å². The van der Waals surface area contributed by atoms with Crippen molar-refractivity contribution >= 4 is 5.91 Å². The maximum absolute atomic E-state index is 12.0. The van der Waals surface area contributed by atoms with Gasteiger partial charge in [0.25, 0.3) is 0 Å². The Morgan fingerprint density at radius 1 is 1.25 bits per heavy atom. The van der Waals surface area contributed by atoms with Crippen molar-refractivity contribution in [1.82, 2.24) is 4.90 Å². The van der Waals surface area contributed by atoms with Gasteiger partial charge in [-0.1, -0.05) is 12.5 Å². The Balaban J connectivity index is 2.21. The Labute approximate surface area is 99.7 Å². The van der Waals surface area contributed by atoms with Crippen LogP contribution in [0.25, 0.3) is 0 Å². The highest BCUT2D eigenvalue weighted by molar-refractivity contribution is 5.77. The van der Waals surface area contributed by atoms with Crippen molar-refractivity contribution in [3.63, 3.8) is 0 Å². The molecule has 1 aliphatic heterocycles. The monoisotopic (exact) mass is 223 g/mol. The van der Waals surface area contributed by atoms with Crippen molar-refractivity contribution < 1.29 is 4.79 Å². The summed E-state index contributed by atoms with van der Waals surface area (Å²) in [6.07, 6.45) is 9.44. The molecule has 16 heavy (non-hydrogen) atoms. The number of amides is 1. The standard InChI is InChI=1S/C14H25NO/c1-4-5-6-7-8-9-14(16)15-12(2)10-11-13(15)3/h4,12-13H,1,5-11H2,2-3H3/t12-,13-/m1/s1. The first-order valence-corrected chi connectivity index (χ1v) is 6.59. The van der Waals surface area contributed by atoms with Gasteiger partial charge in [0.1, 0.15) is 0 Å². The molecule has 0 aromatic heterocycles. The van der Waals surface area contributed by atoms with Crippen LogP contribution in [0.3, 0.4) is 0 Å². The van der Waals surface area contributed by atoms with Crippen LogP contribution in [0.4, 0.5) is 0 Å². The highest BCUT2D eigenvalue weighted by Crippen LogP contribution is 2.24. The lowest BCUT2D eigenvalue weighted by molar-refractivity contribution is -0.133. The van der Waals surface area contributed by atoms with Crippen LogP contribution in [0.1, 0.15) is 58.8 Å². The molecule has 1 fully saturated rings. The zero-order valence-electron chi connectivity index (χ0n) is 10.7. The number of unbranched alkanes of at least 4 members (excludes halogenated alkanes) is 3. The molecule has 2 atom stereocenters. The van der Waals surface area contributed by atoms with E-state index in [9.17, 15) is 4.79 Å². The SMILES string of the molecule is C=CCCCCCC(=O)N1[C@H](C)CC[C@H]1C. The molecule has 1 aliphatic rings. The molecule has 0 saturated carbocycles. The lowest BCUT2D eigenvalue weighted by atomic mass is 10.1. The van der Waals surface area contributed by atoms with Gasteiger partial charge in [-0.05, 0) is 46.0 Å². The van der Waals surface area contributed by atoms with Gasteiger partial charge in [0, 0.05) is 18.5 Å². The molecule has 2 heteroatoms. The maximum atomic E-state index is 12.0. The third-order valence-corrected chi connectivity index (χ3v) is 3.54. The van der Waals surface area contributed by atoms with Gasteiger partial charge in [-0.15, -0.1) is 6.58 Å². The number of carbonyl (C=O) groups is 1. The summed E-state index contributed by atoms with van der Waals surface area (Å²) in [7, 11) is 0. The quantitative estimate of drug-likeness (QED) is 0.498. The van der Waals surface area contributed by atoms with Gasteiger partial charge in [0.2, 0.25) is 5.91 Å². The predicted octanol–water partition coefficient (Wildman–Crippen LogP) is 3.52. The van der Waals surface area contributed by atoms with E-state index in [1.54, 1.807) is 0 Å².